The lowest BCUT2D eigenvalue weighted by Crippen LogP contribution is -2.18. The lowest BCUT2D eigenvalue weighted by Gasteiger charge is -2.07. The molecule has 1 atom stereocenters. The highest BCUT2D eigenvalue weighted by atomic mass is 35.5. The lowest BCUT2D eigenvalue weighted by atomic mass is 10.1. The summed E-state index contributed by atoms with van der Waals surface area (Å²) in [6.07, 6.45) is 2.10. The number of halogens is 1. The fourth-order valence-electron chi connectivity index (χ4n) is 0.746. The Hall–Kier alpha value is -0.540. The second-order valence-electron chi connectivity index (χ2n) is 2.52. The van der Waals surface area contributed by atoms with Gasteiger partial charge in [-0.15, -0.1) is 0 Å². The summed E-state index contributed by atoms with van der Waals surface area (Å²) in [6, 6.07) is 0. The van der Waals surface area contributed by atoms with Crippen LogP contribution in [-0.4, -0.2) is 24.8 Å². The number of rotatable bonds is 5. The monoisotopic (exact) mass is 192 g/mol. The molecule has 0 bridgehead atoms. The van der Waals surface area contributed by atoms with Gasteiger partial charge in [0.2, 0.25) is 0 Å². The third-order valence-corrected chi connectivity index (χ3v) is 1.56. The van der Waals surface area contributed by atoms with Crippen LogP contribution < -0.4 is 0 Å². The molecule has 12 heavy (non-hydrogen) atoms. The van der Waals surface area contributed by atoms with Crippen molar-refractivity contribution in [2.75, 3.05) is 13.7 Å². The van der Waals surface area contributed by atoms with Crippen molar-refractivity contribution in [1.29, 1.82) is 0 Å². The molecule has 0 amide bonds. The molecule has 0 aliphatic carbocycles. The molecular formula is C8H13ClO3. The van der Waals surface area contributed by atoms with E-state index in [9.17, 15) is 4.79 Å². The molecule has 0 heterocycles. The van der Waals surface area contributed by atoms with E-state index in [4.69, 9.17) is 21.4 Å². The van der Waals surface area contributed by atoms with Gasteiger partial charge in [-0.05, 0) is 13.3 Å². The number of allylic oxidation sites excluding steroid dienone is 2. The minimum absolute atomic E-state index is 0.218. The zero-order valence-electron chi connectivity index (χ0n) is 7.21. The largest absolute Gasteiger partial charge is 0.481 e. The van der Waals surface area contributed by atoms with E-state index in [1.807, 2.05) is 0 Å². The Balaban J connectivity index is 3.96. The summed E-state index contributed by atoms with van der Waals surface area (Å²) in [6.45, 7) is 1.93. The molecule has 0 aromatic rings. The van der Waals surface area contributed by atoms with Crippen LogP contribution in [0.5, 0.6) is 0 Å². The molecule has 3 nitrogen and oxygen atoms in total. The maximum absolute atomic E-state index is 10.5. The summed E-state index contributed by atoms with van der Waals surface area (Å²) >= 11 is 5.55. The number of aliphatic carboxylic acids is 1. The molecule has 0 radical (unpaired) electrons. The summed E-state index contributed by atoms with van der Waals surface area (Å²) in [5.41, 5.74) is 0. The fraction of sp³-hybridized carbons (Fsp3) is 0.625. The summed E-state index contributed by atoms with van der Waals surface area (Å²) in [7, 11) is 1.48. The van der Waals surface area contributed by atoms with Crippen LogP contribution in [0.3, 0.4) is 0 Å². The predicted octanol–water partition coefficient (Wildman–Crippen LogP) is 1.87. The molecule has 0 aliphatic rings. The van der Waals surface area contributed by atoms with Crippen molar-refractivity contribution in [2.45, 2.75) is 13.3 Å². The summed E-state index contributed by atoms with van der Waals surface area (Å²) in [5.74, 6) is -1.35. The Morgan fingerprint density at radius 2 is 2.33 bits per heavy atom. The van der Waals surface area contributed by atoms with E-state index in [1.165, 1.54) is 7.11 Å². The number of carbonyl (C=O) groups is 1. The summed E-state index contributed by atoms with van der Waals surface area (Å²) in [4.78, 5) is 10.5. The van der Waals surface area contributed by atoms with Gasteiger partial charge in [-0.2, -0.15) is 0 Å². The maximum atomic E-state index is 10.5. The van der Waals surface area contributed by atoms with Gasteiger partial charge in [-0.25, -0.2) is 0 Å². The second-order valence-corrected chi connectivity index (χ2v) is 3.11. The Morgan fingerprint density at radius 3 is 2.67 bits per heavy atom. The zero-order valence-corrected chi connectivity index (χ0v) is 7.97. The van der Waals surface area contributed by atoms with E-state index < -0.39 is 11.9 Å². The van der Waals surface area contributed by atoms with Crippen LogP contribution in [-0.2, 0) is 9.53 Å². The highest BCUT2D eigenvalue weighted by molar-refractivity contribution is 6.29. The number of hydrogen-bond acceptors (Lipinski definition) is 2. The van der Waals surface area contributed by atoms with Crippen molar-refractivity contribution in [1.82, 2.24) is 0 Å². The Morgan fingerprint density at radius 1 is 1.75 bits per heavy atom. The summed E-state index contributed by atoms with van der Waals surface area (Å²) in [5, 5.41) is 9.27. The van der Waals surface area contributed by atoms with Gasteiger partial charge < -0.3 is 9.84 Å². The van der Waals surface area contributed by atoms with Gasteiger partial charge in [0.05, 0.1) is 12.5 Å². The smallest absolute Gasteiger partial charge is 0.309 e. The topological polar surface area (TPSA) is 46.5 Å². The maximum Gasteiger partial charge on any atom is 0.309 e. The highest BCUT2D eigenvalue weighted by Gasteiger charge is 2.15. The van der Waals surface area contributed by atoms with E-state index in [1.54, 1.807) is 13.0 Å². The van der Waals surface area contributed by atoms with Crippen LogP contribution >= 0.6 is 11.6 Å². The van der Waals surface area contributed by atoms with Gasteiger partial charge in [0.25, 0.3) is 0 Å². The van der Waals surface area contributed by atoms with Crippen LogP contribution in [0.15, 0.2) is 11.1 Å². The minimum Gasteiger partial charge on any atom is -0.481 e. The molecular weight excluding hydrogens is 180 g/mol. The third-order valence-electron chi connectivity index (χ3n) is 1.40. The molecule has 0 aromatic carbocycles. The Kier molecular flexibility index (Phi) is 5.76. The Labute approximate surface area is 77.0 Å². The standard InChI is InChI=1S/C8H13ClO3/c1-6(9)3-4-7(5-12-2)8(10)11/h3,7H,4-5H2,1-2H3,(H,10,11). The molecule has 0 aliphatic heterocycles. The van der Waals surface area contributed by atoms with Gasteiger partial charge in [0.1, 0.15) is 0 Å². The van der Waals surface area contributed by atoms with Crippen LogP contribution in [0, 0.1) is 5.92 Å². The summed E-state index contributed by atoms with van der Waals surface area (Å²) < 4.78 is 4.74. The van der Waals surface area contributed by atoms with E-state index in [0.29, 0.717) is 11.5 Å². The molecule has 0 rings (SSSR count). The van der Waals surface area contributed by atoms with Crippen LogP contribution in [0.25, 0.3) is 0 Å². The van der Waals surface area contributed by atoms with Gasteiger partial charge in [0.15, 0.2) is 0 Å². The first-order valence-corrected chi connectivity index (χ1v) is 3.99. The molecule has 0 fully saturated rings. The van der Waals surface area contributed by atoms with Crippen molar-refractivity contribution in [3.8, 4) is 0 Å². The molecule has 0 spiro atoms. The molecule has 1 N–H and O–H groups in total. The van der Waals surface area contributed by atoms with E-state index >= 15 is 0 Å². The molecule has 0 saturated carbocycles. The molecule has 70 valence electrons. The average molecular weight is 193 g/mol. The molecule has 0 aromatic heterocycles. The van der Waals surface area contributed by atoms with Gasteiger partial charge in [0, 0.05) is 12.1 Å². The molecule has 4 heteroatoms. The van der Waals surface area contributed by atoms with E-state index in [2.05, 4.69) is 0 Å². The fourth-order valence-corrected chi connectivity index (χ4v) is 0.835. The number of ether oxygens (including phenoxy) is 1. The first-order valence-electron chi connectivity index (χ1n) is 3.62. The van der Waals surface area contributed by atoms with Gasteiger partial charge >= 0.3 is 5.97 Å². The second kappa shape index (κ2) is 6.03. The van der Waals surface area contributed by atoms with E-state index in [-0.39, 0.29) is 6.61 Å². The normalized spacial score (nSPS) is 14.4. The number of hydrogen-bond donors (Lipinski definition) is 1. The average Bonchev–Trinajstić information content (AvgIpc) is 1.96. The van der Waals surface area contributed by atoms with E-state index in [0.717, 1.165) is 0 Å². The quantitative estimate of drug-likeness (QED) is 0.724. The van der Waals surface area contributed by atoms with Crippen LogP contribution in [0.4, 0.5) is 0 Å². The zero-order chi connectivity index (χ0) is 9.56. The van der Waals surface area contributed by atoms with Crippen molar-refractivity contribution >= 4 is 17.6 Å². The Bertz CT molecular complexity index is 173. The third kappa shape index (κ3) is 5.16. The SMILES string of the molecule is COCC(CC=C(C)Cl)C(=O)O. The number of methoxy groups -OCH3 is 1. The highest BCUT2D eigenvalue weighted by Crippen LogP contribution is 2.09. The first kappa shape index (κ1) is 11.5. The number of carboxylic acid groups (broad SMARTS) is 1. The van der Waals surface area contributed by atoms with Gasteiger partial charge in [-0.3, -0.25) is 4.79 Å². The predicted molar refractivity (Wildman–Crippen MR) is 47.2 cm³/mol. The van der Waals surface area contributed by atoms with Crippen LogP contribution in [0.2, 0.25) is 0 Å². The number of carboxylic acids is 1. The first-order chi connectivity index (χ1) is 5.57. The van der Waals surface area contributed by atoms with Crippen molar-refractivity contribution in [2.24, 2.45) is 5.92 Å². The molecule has 0 saturated heterocycles. The van der Waals surface area contributed by atoms with Gasteiger partial charge in [-0.1, -0.05) is 17.7 Å². The van der Waals surface area contributed by atoms with Crippen molar-refractivity contribution < 1.29 is 14.6 Å². The lowest BCUT2D eigenvalue weighted by molar-refractivity contribution is -0.143. The van der Waals surface area contributed by atoms with Crippen molar-refractivity contribution in [3.05, 3.63) is 11.1 Å². The molecule has 1 unspecified atom stereocenters. The van der Waals surface area contributed by atoms with Crippen molar-refractivity contribution in [3.63, 3.8) is 0 Å². The minimum atomic E-state index is -0.856. The van der Waals surface area contributed by atoms with Crippen LogP contribution in [0.1, 0.15) is 13.3 Å².